The summed E-state index contributed by atoms with van der Waals surface area (Å²) in [5.74, 6) is -1.04. The maximum absolute atomic E-state index is 12.6. The number of hydrogen-bond acceptors (Lipinski definition) is 5. The molecule has 1 fully saturated rings. The average Bonchev–Trinajstić information content (AvgIpc) is 3.26. The molecular weight excluding hydrogens is 406 g/mol. The van der Waals surface area contributed by atoms with E-state index in [0.29, 0.717) is 25.6 Å². The number of hydrogen-bond donors (Lipinski definition) is 3. The van der Waals surface area contributed by atoms with Crippen LogP contribution in [0.4, 0.5) is 5.69 Å². The molecular formula is C25H31N3O4. The zero-order chi connectivity index (χ0) is 22.7. The van der Waals surface area contributed by atoms with Crippen LogP contribution in [-0.4, -0.2) is 58.8 Å². The number of carbonyl (C=O) groups is 2. The van der Waals surface area contributed by atoms with Crippen LogP contribution in [0.2, 0.25) is 0 Å². The highest BCUT2D eigenvalue weighted by molar-refractivity contribution is 5.90. The van der Waals surface area contributed by atoms with E-state index in [-0.39, 0.29) is 0 Å². The normalized spacial score (nSPS) is 18.2. The van der Waals surface area contributed by atoms with Gasteiger partial charge in [-0.3, -0.25) is 9.59 Å². The van der Waals surface area contributed by atoms with Crippen molar-refractivity contribution in [3.8, 4) is 0 Å². The predicted molar refractivity (Wildman–Crippen MR) is 122 cm³/mol. The highest BCUT2D eigenvalue weighted by atomic mass is 16.3. The first-order valence-corrected chi connectivity index (χ1v) is 11.2. The van der Waals surface area contributed by atoms with E-state index >= 15 is 0 Å². The summed E-state index contributed by atoms with van der Waals surface area (Å²) in [5, 5.41) is 23.3. The van der Waals surface area contributed by atoms with Gasteiger partial charge in [0.25, 0.3) is 11.8 Å². The number of fused-ring (bicyclic) bond motifs is 1. The van der Waals surface area contributed by atoms with Crippen molar-refractivity contribution < 1.29 is 19.8 Å². The second-order valence-electron chi connectivity index (χ2n) is 8.81. The van der Waals surface area contributed by atoms with Gasteiger partial charge in [-0.1, -0.05) is 42.5 Å². The molecule has 1 saturated heterocycles. The summed E-state index contributed by atoms with van der Waals surface area (Å²) < 4.78 is 0. The number of para-hydroxylation sites is 1. The van der Waals surface area contributed by atoms with Crippen molar-refractivity contribution in [2.45, 2.75) is 45.1 Å². The van der Waals surface area contributed by atoms with Gasteiger partial charge in [-0.15, -0.1) is 0 Å². The summed E-state index contributed by atoms with van der Waals surface area (Å²) in [6, 6.07) is 16.0. The third-order valence-electron chi connectivity index (χ3n) is 6.61. The Morgan fingerprint density at radius 1 is 0.969 bits per heavy atom. The molecule has 2 aromatic carbocycles. The molecule has 0 radical (unpaired) electrons. The highest BCUT2D eigenvalue weighted by Crippen LogP contribution is 2.26. The molecule has 0 saturated carbocycles. The van der Waals surface area contributed by atoms with E-state index in [1.165, 1.54) is 16.2 Å². The Bertz CT molecular complexity index is 946. The summed E-state index contributed by atoms with van der Waals surface area (Å²) in [5.41, 5.74) is 4.53. The second kappa shape index (κ2) is 9.71. The molecule has 0 aromatic heterocycles. The van der Waals surface area contributed by atoms with E-state index in [9.17, 15) is 19.8 Å². The van der Waals surface area contributed by atoms with Crippen LogP contribution >= 0.6 is 0 Å². The van der Waals surface area contributed by atoms with Gasteiger partial charge < -0.3 is 25.3 Å². The van der Waals surface area contributed by atoms with E-state index in [1.807, 2.05) is 36.4 Å². The minimum atomic E-state index is -1.78. The molecule has 4 rings (SSSR count). The molecule has 2 aromatic rings. The zero-order valence-electron chi connectivity index (χ0n) is 18.4. The third-order valence-corrected chi connectivity index (χ3v) is 6.61. The predicted octanol–water partition coefficient (Wildman–Crippen LogP) is 1.59. The number of carbonyl (C=O) groups excluding carboxylic acids is 2. The monoisotopic (exact) mass is 437 g/mol. The van der Waals surface area contributed by atoms with Crippen LogP contribution in [-0.2, 0) is 22.7 Å². The lowest BCUT2D eigenvalue weighted by atomic mass is 9.95. The quantitative estimate of drug-likeness (QED) is 0.638. The minimum Gasteiger partial charge on any atom is -0.380 e. The Hall–Kier alpha value is -2.90. The van der Waals surface area contributed by atoms with E-state index < -0.39 is 24.0 Å². The molecule has 0 bridgehead atoms. The third kappa shape index (κ3) is 4.79. The van der Waals surface area contributed by atoms with Crippen LogP contribution in [0.25, 0.3) is 0 Å². The number of anilines is 1. The average molecular weight is 438 g/mol. The van der Waals surface area contributed by atoms with Crippen molar-refractivity contribution >= 4 is 17.5 Å². The Kier molecular flexibility index (Phi) is 6.77. The molecule has 2 heterocycles. The minimum absolute atomic E-state index is 0.298. The summed E-state index contributed by atoms with van der Waals surface area (Å²) in [6.45, 7) is 5.10. The first-order chi connectivity index (χ1) is 15.4. The van der Waals surface area contributed by atoms with Crippen LogP contribution in [0.1, 0.15) is 29.5 Å². The number of aliphatic hydroxyl groups is 2. The van der Waals surface area contributed by atoms with Gasteiger partial charge in [-0.25, -0.2) is 0 Å². The Morgan fingerprint density at radius 2 is 1.56 bits per heavy atom. The van der Waals surface area contributed by atoms with Crippen molar-refractivity contribution in [1.82, 2.24) is 10.2 Å². The molecule has 7 nitrogen and oxygen atoms in total. The molecule has 32 heavy (non-hydrogen) atoms. The number of amides is 2. The van der Waals surface area contributed by atoms with Gasteiger partial charge in [0.05, 0.1) is 0 Å². The van der Waals surface area contributed by atoms with Crippen molar-refractivity contribution in [3.05, 3.63) is 65.2 Å². The SMILES string of the molecule is Cc1ccccc1N1CCC(CNC(=O)[C@H](O)[C@@H](O)C(=O)N2Cc3ccccc3C2)CC1. The largest absolute Gasteiger partial charge is 0.380 e. The number of nitrogens with one attached hydrogen (secondary N) is 1. The van der Waals surface area contributed by atoms with E-state index in [2.05, 4.69) is 29.3 Å². The van der Waals surface area contributed by atoms with Gasteiger partial charge in [-0.05, 0) is 48.4 Å². The van der Waals surface area contributed by atoms with Gasteiger partial charge in [0.15, 0.2) is 12.2 Å². The fourth-order valence-electron chi connectivity index (χ4n) is 4.60. The van der Waals surface area contributed by atoms with Gasteiger partial charge >= 0.3 is 0 Å². The number of rotatable bonds is 6. The van der Waals surface area contributed by atoms with Crippen LogP contribution < -0.4 is 10.2 Å². The molecule has 0 aliphatic carbocycles. The lowest BCUT2D eigenvalue weighted by Crippen LogP contribution is -2.50. The number of aryl methyl sites for hydroxylation is 1. The van der Waals surface area contributed by atoms with Crippen molar-refractivity contribution in [3.63, 3.8) is 0 Å². The molecule has 170 valence electrons. The van der Waals surface area contributed by atoms with Gasteiger partial charge in [-0.2, -0.15) is 0 Å². The number of benzene rings is 2. The topological polar surface area (TPSA) is 93.1 Å². The second-order valence-corrected chi connectivity index (χ2v) is 8.81. The number of nitrogens with zero attached hydrogens (tertiary/aromatic N) is 2. The smallest absolute Gasteiger partial charge is 0.255 e. The standard InChI is InChI=1S/C25H31N3O4/c1-17-6-2-5-9-21(17)27-12-10-18(11-13-27)14-26-24(31)22(29)23(30)25(32)28-15-19-7-3-4-8-20(19)16-28/h2-9,18,22-23,29-30H,10-16H2,1H3,(H,26,31)/t22-,23-/m1/s1. The summed E-state index contributed by atoms with van der Waals surface area (Å²) >= 11 is 0. The number of piperidine rings is 1. The molecule has 2 aliphatic heterocycles. The maximum atomic E-state index is 12.6. The van der Waals surface area contributed by atoms with Gasteiger partial charge in [0, 0.05) is 38.4 Å². The fraction of sp³-hybridized carbons (Fsp3) is 0.440. The molecule has 0 spiro atoms. The Balaban J connectivity index is 1.23. The fourth-order valence-corrected chi connectivity index (χ4v) is 4.60. The van der Waals surface area contributed by atoms with E-state index in [1.54, 1.807) is 0 Å². The number of aliphatic hydroxyl groups excluding tert-OH is 2. The first kappa shape index (κ1) is 22.3. The molecule has 2 aliphatic rings. The van der Waals surface area contributed by atoms with Crippen LogP contribution in [0.5, 0.6) is 0 Å². The van der Waals surface area contributed by atoms with Crippen LogP contribution in [0, 0.1) is 12.8 Å². The summed E-state index contributed by atoms with van der Waals surface area (Å²) in [6.07, 6.45) is -1.69. The van der Waals surface area contributed by atoms with Crippen molar-refractivity contribution in [1.29, 1.82) is 0 Å². The van der Waals surface area contributed by atoms with E-state index in [0.717, 1.165) is 37.1 Å². The zero-order valence-corrected chi connectivity index (χ0v) is 18.4. The Labute approximate surface area is 188 Å². The van der Waals surface area contributed by atoms with Crippen LogP contribution in [0.15, 0.2) is 48.5 Å². The molecule has 7 heteroatoms. The maximum Gasteiger partial charge on any atom is 0.255 e. The summed E-state index contributed by atoms with van der Waals surface area (Å²) in [4.78, 5) is 28.8. The Morgan fingerprint density at radius 3 is 2.19 bits per heavy atom. The molecule has 0 unspecified atom stereocenters. The molecule has 2 amide bonds. The molecule has 3 N–H and O–H groups in total. The van der Waals surface area contributed by atoms with Gasteiger partial charge in [0.1, 0.15) is 0 Å². The van der Waals surface area contributed by atoms with Crippen molar-refractivity contribution in [2.75, 3.05) is 24.5 Å². The molecule has 2 atom stereocenters. The highest BCUT2D eigenvalue weighted by Gasteiger charge is 2.35. The lowest BCUT2D eigenvalue weighted by molar-refractivity contribution is -0.153. The van der Waals surface area contributed by atoms with Gasteiger partial charge in [0.2, 0.25) is 0 Å². The van der Waals surface area contributed by atoms with Crippen molar-refractivity contribution in [2.24, 2.45) is 5.92 Å². The first-order valence-electron chi connectivity index (χ1n) is 11.2. The van der Waals surface area contributed by atoms with Crippen LogP contribution in [0.3, 0.4) is 0 Å². The lowest BCUT2D eigenvalue weighted by Gasteiger charge is -2.34. The van der Waals surface area contributed by atoms with E-state index in [4.69, 9.17) is 0 Å². The summed E-state index contributed by atoms with van der Waals surface area (Å²) in [7, 11) is 0.